The average molecular weight is 363 g/mol. The fourth-order valence-corrected chi connectivity index (χ4v) is 3.41. The van der Waals surface area contributed by atoms with E-state index in [2.05, 4.69) is 5.32 Å². The van der Waals surface area contributed by atoms with Gasteiger partial charge >= 0.3 is 5.97 Å². The minimum absolute atomic E-state index is 0.0511. The molecule has 25 heavy (non-hydrogen) atoms. The summed E-state index contributed by atoms with van der Waals surface area (Å²) in [6, 6.07) is 9.43. The van der Waals surface area contributed by atoms with E-state index in [9.17, 15) is 14.0 Å². The van der Waals surface area contributed by atoms with Crippen LogP contribution in [0.1, 0.15) is 22.5 Å². The molecular formula is C18H18FNO4S. The third kappa shape index (κ3) is 4.87. The van der Waals surface area contributed by atoms with Gasteiger partial charge in [0.2, 0.25) is 0 Å². The molecule has 1 aliphatic heterocycles. The van der Waals surface area contributed by atoms with Crippen LogP contribution < -0.4 is 5.32 Å². The number of nitrogens with one attached hydrogen (secondary N) is 1. The Labute approximate surface area is 148 Å². The van der Waals surface area contributed by atoms with Crippen LogP contribution >= 0.6 is 11.3 Å². The summed E-state index contributed by atoms with van der Waals surface area (Å²) in [7, 11) is 0. The molecule has 7 heteroatoms. The molecule has 1 aliphatic rings. The highest BCUT2D eigenvalue weighted by molar-refractivity contribution is 7.17. The van der Waals surface area contributed by atoms with E-state index in [-0.39, 0.29) is 24.4 Å². The van der Waals surface area contributed by atoms with Crippen molar-refractivity contribution in [3.05, 3.63) is 47.1 Å². The molecule has 1 atom stereocenters. The van der Waals surface area contributed by atoms with Gasteiger partial charge in [0.1, 0.15) is 10.7 Å². The van der Waals surface area contributed by atoms with Crippen molar-refractivity contribution in [3.63, 3.8) is 0 Å². The molecule has 132 valence electrons. The fourth-order valence-electron chi connectivity index (χ4n) is 2.50. The molecule has 1 N–H and O–H groups in total. The number of rotatable bonds is 6. The van der Waals surface area contributed by atoms with E-state index in [1.54, 1.807) is 24.3 Å². The smallest absolute Gasteiger partial charge is 0.348 e. The standard InChI is InChI=1S/C18H18FNO4S/c19-13-5-3-12(4-6-13)15-7-8-16(25-15)18(22)24-11-17(21)20-10-14-2-1-9-23-14/h3-8,14H,1-2,9-11H2,(H,20,21)/t14-/m1/s1. The minimum atomic E-state index is -0.550. The molecule has 1 aromatic heterocycles. The zero-order valence-corrected chi connectivity index (χ0v) is 14.3. The molecule has 1 saturated heterocycles. The van der Waals surface area contributed by atoms with Crippen molar-refractivity contribution in [1.82, 2.24) is 5.32 Å². The van der Waals surface area contributed by atoms with Crippen LogP contribution in [-0.4, -0.2) is 37.7 Å². The molecule has 3 rings (SSSR count). The number of thiophene rings is 1. The number of amides is 1. The number of esters is 1. The van der Waals surface area contributed by atoms with Crippen molar-refractivity contribution in [2.75, 3.05) is 19.8 Å². The second-order valence-electron chi connectivity index (χ2n) is 5.69. The summed E-state index contributed by atoms with van der Waals surface area (Å²) in [5.74, 6) is -1.21. The van der Waals surface area contributed by atoms with Crippen LogP contribution in [-0.2, 0) is 14.3 Å². The highest BCUT2D eigenvalue weighted by atomic mass is 32.1. The third-order valence-corrected chi connectivity index (χ3v) is 4.94. The van der Waals surface area contributed by atoms with E-state index in [1.165, 1.54) is 23.5 Å². The highest BCUT2D eigenvalue weighted by Crippen LogP contribution is 2.28. The molecule has 0 aliphatic carbocycles. The van der Waals surface area contributed by atoms with Crippen LogP contribution in [0.3, 0.4) is 0 Å². The van der Waals surface area contributed by atoms with Gasteiger partial charge in [-0.1, -0.05) is 12.1 Å². The first-order valence-corrected chi connectivity index (χ1v) is 8.84. The Bertz CT molecular complexity index is 738. The molecule has 0 saturated carbocycles. The molecule has 2 aromatic rings. The first-order chi connectivity index (χ1) is 12.1. The molecule has 0 radical (unpaired) electrons. The Morgan fingerprint density at radius 2 is 2.04 bits per heavy atom. The van der Waals surface area contributed by atoms with Gasteiger partial charge in [-0.15, -0.1) is 11.3 Å². The Balaban J connectivity index is 1.48. The van der Waals surface area contributed by atoms with Gasteiger partial charge in [0.25, 0.3) is 5.91 Å². The Morgan fingerprint density at radius 3 is 2.76 bits per heavy atom. The van der Waals surface area contributed by atoms with E-state index in [0.29, 0.717) is 11.4 Å². The van der Waals surface area contributed by atoms with Gasteiger partial charge in [-0.3, -0.25) is 4.79 Å². The van der Waals surface area contributed by atoms with E-state index >= 15 is 0 Å². The van der Waals surface area contributed by atoms with Gasteiger partial charge in [0, 0.05) is 18.0 Å². The van der Waals surface area contributed by atoms with Crippen molar-refractivity contribution in [1.29, 1.82) is 0 Å². The van der Waals surface area contributed by atoms with Gasteiger partial charge in [-0.05, 0) is 42.7 Å². The average Bonchev–Trinajstić information content (AvgIpc) is 3.30. The molecule has 0 unspecified atom stereocenters. The second-order valence-corrected chi connectivity index (χ2v) is 6.77. The maximum absolute atomic E-state index is 13.0. The van der Waals surface area contributed by atoms with Gasteiger partial charge < -0.3 is 14.8 Å². The fraction of sp³-hybridized carbons (Fsp3) is 0.333. The summed E-state index contributed by atoms with van der Waals surface area (Å²) in [5.41, 5.74) is 0.819. The third-order valence-electron chi connectivity index (χ3n) is 3.82. The topological polar surface area (TPSA) is 64.6 Å². The van der Waals surface area contributed by atoms with E-state index < -0.39 is 5.97 Å². The summed E-state index contributed by atoms with van der Waals surface area (Å²) in [5, 5.41) is 2.69. The predicted octanol–water partition coefficient (Wildman–Crippen LogP) is 3.01. The number of halogens is 1. The molecule has 0 spiro atoms. The second kappa shape index (κ2) is 8.22. The first-order valence-electron chi connectivity index (χ1n) is 8.03. The zero-order chi connectivity index (χ0) is 17.6. The number of ether oxygens (including phenoxy) is 2. The number of benzene rings is 1. The largest absolute Gasteiger partial charge is 0.451 e. The maximum Gasteiger partial charge on any atom is 0.348 e. The van der Waals surface area contributed by atoms with Crippen LogP contribution in [0.5, 0.6) is 0 Å². The molecular weight excluding hydrogens is 345 g/mol. The van der Waals surface area contributed by atoms with Gasteiger partial charge in [0.05, 0.1) is 6.10 Å². The normalized spacial score (nSPS) is 16.6. The lowest BCUT2D eigenvalue weighted by Crippen LogP contribution is -2.34. The lowest BCUT2D eigenvalue weighted by atomic mass is 10.2. The van der Waals surface area contributed by atoms with Gasteiger partial charge in [-0.2, -0.15) is 0 Å². The van der Waals surface area contributed by atoms with Crippen LogP contribution in [0.4, 0.5) is 4.39 Å². The Morgan fingerprint density at radius 1 is 1.24 bits per heavy atom. The monoisotopic (exact) mass is 363 g/mol. The van der Waals surface area contributed by atoms with E-state index in [0.717, 1.165) is 29.9 Å². The lowest BCUT2D eigenvalue weighted by Gasteiger charge is -2.10. The maximum atomic E-state index is 13.0. The van der Waals surface area contributed by atoms with Gasteiger partial charge in [-0.25, -0.2) is 9.18 Å². The molecule has 1 amide bonds. The summed E-state index contributed by atoms with van der Waals surface area (Å²) in [6.45, 7) is 0.837. The molecule has 2 heterocycles. The van der Waals surface area contributed by atoms with Crippen molar-refractivity contribution in [2.24, 2.45) is 0 Å². The van der Waals surface area contributed by atoms with Crippen LogP contribution in [0, 0.1) is 5.82 Å². The number of hydrogen-bond donors (Lipinski definition) is 1. The van der Waals surface area contributed by atoms with Crippen molar-refractivity contribution in [3.8, 4) is 10.4 Å². The summed E-state index contributed by atoms with van der Waals surface area (Å²) in [4.78, 5) is 25.0. The van der Waals surface area contributed by atoms with Crippen LogP contribution in [0.15, 0.2) is 36.4 Å². The SMILES string of the molecule is O=C(COC(=O)c1ccc(-c2ccc(F)cc2)s1)NC[C@H]1CCCO1. The highest BCUT2D eigenvalue weighted by Gasteiger charge is 2.17. The number of hydrogen-bond acceptors (Lipinski definition) is 5. The molecule has 0 bridgehead atoms. The first kappa shape index (κ1) is 17.6. The van der Waals surface area contributed by atoms with Crippen LogP contribution in [0.25, 0.3) is 10.4 Å². The summed E-state index contributed by atoms with van der Waals surface area (Å²) in [6.07, 6.45) is 1.99. The minimum Gasteiger partial charge on any atom is -0.451 e. The number of carbonyl (C=O) groups is 2. The Kier molecular flexibility index (Phi) is 5.78. The Hall–Kier alpha value is -2.25. The lowest BCUT2D eigenvalue weighted by molar-refractivity contribution is -0.124. The molecule has 1 fully saturated rings. The summed E-state index contributed by atoms with van der Waals surface area (Å²) < 4.78 is 23.4. The molecule has 1 aromatic carbocycles. The number of carbonyl (C=O) groups excluding carboxylic acids is 2. The predicted molar refractivity (Wildman–Crippen MR) is 92.0 cm³/mol. The van der Waals surface area contributed by atoms with Gasteiger partial charge in [0.15, 0.2) is 6.61 Å². The zero-order valence-electron chi connectivity index (χ0n) is 13.5. The van der Waals surface area contributed by atoms with Crippen LogP contribution in [0.2, 0.25) is 0 Å². The summed E-state index contributed by atoms with van der Waals surface area (Å²) >= 11 is 1.24. The molecule has 5 nitrogen and oxygen atoms in total. The van der Waals surface area contributed by atoms with Crippen molar-refractivity contribution < 1.29 is 23.5 Å². The van der Waals surface area contributed by atoms with E-state index in [4.69, 9.17) is 9.47 Å². The quantitative estimate of drug-likeness (QED) is 0.802. The van der Waals surface area contributed by atoms with Crippen molar-refractivity contribution in [2.45, 2.75) is 18.9 Å². The van der Waals surface area contributed by atoms with Crippen molar-refractivity contribution >= 4 is 23.2 Å². The van der Waals surface area contributed by atoms with E-state index in [1.807, 2.05) is 0 Å².